The summed E-state index contributed by atoms with van der Waals surface area (Å²) in [4.78, 5) is 0. The van der Waals surface area contributed by atoms with Gasteiger partial charge >= 0.3 is 0 Å². The summed E-state index contributed by atoms with van der Waals surface area (Å²) < 4.78 is 5.62. The Bertz CT molecular complexity index is 919. The maximum atomic E-state index is 10.6. The summed E-state index contributed by atoms with van der Waals surface area (Å²) in [5.74, 6) is 3.31. The van der Waals surface area contributed by atoms with E-state index >= 15 is 0 Å². The van der Waals surface area contributed by atoms with Crippen LogP contribution in [0.15, 0.2) is 59.2 Å². The molecule has 1 aliphatic carbocycles. The van der Waals surface area contributed by atoms with E-state index in [1.54, 1.807) is 6.26 Å². The second-order valence-corrected chi connectivity index (χ2v) is 5.40. The largest absolute Gasteiger partial charge is 0.464 e. The summed E-state index contributed by atoms with van der Waals surface area (Å²) in [6.45, 7) is 0. The molecule has 2 aromatic carbocycles. The average Bonchev–Trinajstić information content (AvgIpc) is 3.15. The summed E-state index contributed by atoms with van der Waals surface area (Å²) in [6, 6.07) is 16.1. The summed E-state index contributed by atoms with van der Waals surface area (Å²) in [6.07, 6.45) is 6.63. The minimum absolute atomic E-state index is 0.282. The highest BCUT2D eigenvalue weighted by atomic mass is 16.3. The quantitative estimate of drug-likeness (QED) is 0.736. The zero-order valence-electron chi connectivity index (χ0n) is 11.9. The molecule has 22 heavy (non-hydrogen) atoms. The molecule has 106 valence electrons. The molecule has 0 saturated carbocycles. The fraction of sp³-hybridized carbons (Fsp3) is 0.100. The Morgan fingerprint density at radius 3 is 2.50 bits per heavy atom. The molecular formula is C20H14O2. The molecule has 0 amide bonds. The van der Waals surface area contributed by atoms with Crippen molar-refractivity contribution in [2.45, 2.75) is 12.5 Å². The van der Waals surface area contributed by atoms with Gasteiger partial charge in [-0.2, -0.15) is 0 Å². The molecule has 4 rings (SSSR count). The van der Waals surface area contributed by atoms with Crippen LogP contribution in [0.4, 0.5) is 0 Å². The van der Waals surface area contributed by atoms with Gasteiger partial charge < -0.3 is 9.52 Å². The minimum Gasteiger partial charge on any atom is -0.464 e. The van der Waals surface area contributed by atoms with E-state index in [0.29, 0.717) is 0 Å². The highest BCUT2D eigenvalue weighted by molar-refractivity contribution is 6.17. The Labute approximate surface area is 128 Å². The topological polar surface area (TPSA) is 33.4 Å². The third-order valence-corrected chi connectivity index (χ3v) is 4.15. The highest BCUT2D eigenvalue weighted by Crippen LogP contribution is 2.46. The molecule has 0 saturated heterocycles. The van der Waals surface area contributed by atoms with Crippen LogP contribution in [0, 0.1) is 12.3 Å². The van der Waals surface area contributed by atoms with Crippen LogP contribution >= 0.6 is 0 Å². The molecule has 1 N–H and O–H groups in total. The molecule has 1 unspecified atom stereocenters. The van der Waals surface area contributed by atoms with Gasteiger partial charge in [-0.25, -0.2) is 0 Å². The highest BCUT2D eigenvalue weighted by Gasteiger charge is 2.29. The third kappa shape index (κ3) is 1.73. The second kappa shape index (κ2) is 4.91. The summed E-state index contributed by atoms with van der Waals surface area (Å²) in [5, 5.41) is 12.9. The first-order chi connectivity index (χ1) is 10.8. The van der Waals surface area contributed by atoms with Crippen LogP contribution in [0.2, 0.25) is 0 Å². The van der Waals surface area contributed by atoms with E-state index in [9.17, 15) is 5.11 Å². The van der Waals surface area contributed by atoms with Gasteiger partial charge in [-0.15, -0.1) is 12.3 Å². The van der Waals surface area contributed by atoms with Crippen LogP contribution in [0.3, 0.4) is 0 Å². The van der Waals surface area contributed by atoms with Gasteiger partial charge in [0.2, 0.25) is 0 Å². The van der Waals surface area contributed by atoms with Crippen LogP contribution in [0.25, 0.3) is 21.9 Å². The molecule has 0 spiro atoms. The maximum absolute atomic E-state index is 10.6. The molecule has 0 aliphatic heterocycles. The van der Waals surface area contributed by atoms with Crippen molar-refractivity contribution in [3.63, 3.8) is 0 Å². The summed E-state index contributed by atoms with van der Waals surface area (Å²) in [5.41, 5.74) is 3.94. The van der Waals surface area contributed by atoms with Crippen LogP contribution in [0.5, 0.6) is 0 Å². The van der Waals surface area contributed by atoms with Crippen molar-refractivity contribution in [3.05, 3.63) is 71.7 Å². The molecule has 1 aliphatic rings. The first kappa shape index (κ1) is 12.9. The molecule has 2 nitrogen and oxygen atoms in total. The number of aliphatic hydroxyl groups is 1. The molecule has 0 fully saturated rings. The first-order valence-corrected chi connectivity index (χ1v) is 7.23. The fourth-order valence-corrected chi connectivity index (χ4v) is 3.30. The van der Waals surface area contributed by atoms with Crippen molar-refractivity contribution >= 4 is 21.9 Å². The zero-order chi connectivity index (χ0) is 15.1. The minimum atomic E-state index is -0.705. The molecule has 1 heterocycles. The Hall–Kier alpha value is -2.76. The van der Waals surface area contributed by atoms with E-state index in [-0.39, 0.29) is 6.42 Å². The lowest BCUT2D eigenvalue weighted by atomic mass is 9.96. The normalized spacial score (nSPS) is 14.4. The van der Waals surface area contributed by atoms with Crippen LogP contribution in [-0.2, 0) is 0 Å². The van der Waals surface area contributed by atoms with Gasteiger partial charge in [0.25, 0.3) is 0 Å². The van der Waals surface area contributed by atoms with Crippen molar-refractivity contribution in [2.75, 3.05) is 0 Å². The van der Waals surface area contributed by atoms with Gasteiger partial charge in [-0.3, -0.25) is 0 Å². The number of benzene rings is 2. The van der Waals surface area contributed by atoms with Crippen molar-refractivity contribution in [1.82, 2.24) is 0 Å². The monoisotopic (exact) mass is 286 g/mol. The Morgan fingerprint density at radius 1 is 1.05 bits per heavy atom. The smallest absolute Gasteiger partial charge is 0.134 e. The van der Waals surface area contributed by atoms with Crippen LogP contribution in [-0.4, -0.2) is 11.2 Å². The fourth-order valence-electron chi connectivity index (χ4n) is 3.30. The predicted octanol–water partition coefficient (Wildman–Crippen LogP) is 4.09. The van der Waals surface area contributed by atoms with E-state index < -0.39 is 6.10 Å². The van der Waals surface area contributed by atoms with Gasteiger partial charge in [0.1, 0.15) is 5.76 Å². The lowest BCUT2D eigenvalue weighted by molar-refractivity contribution is 0.239. The number of furan rings is 1. The predicted molar refractivity (Wildman–Crippen MR) is 88.0 cm³/mol. The van der Waals surface area contributed by atoms with Crippen molar-refractivity contribution in [2.24, 2.45) is 0 Å². The van der Waals surface area contributed by atoms with E-state index in [1.165, 1.54) is 0 Å². The summed E-state index contributed by atoms with van der Waals surface area (Å²) >= 11 is 0. The van der Waals surface area contributed by atoms with Gasteiger partial charge in [-0.05, 0) is 34.0 Å². The van der Waals surface area contributed by atoms with Gasteiger partial charge in [0.15, 0.2) is 0 Å². The van der Waals surface area contributed by atoms with Crippen molar-refractivity contribution < 1.29 is 9.52 Å². The molecule has 3 aromatic rings. The summed E-state index contributed by atoms with van der Waals surface area (Å²) in [7, 11) is 0. The average molecular weight is 286 g/mol. The second-order valence-electron chi connectivity index (χ2n) is 5.40. The Balaban J connectivity index is 2.08. The van der Waals surface area contributed by atoms with Crippen molar-refractivity contribution in [1.29, 1.82) is 0 Å². The lowest BCUT2D eigenvalue weighted by Crippen LogP contribution is -2.08. The number of hydrogen-bond donors (Lipinski definition) is 1. The molecule has 1 aromatic heterocycles. The van der Waals surface area contributed by atoms with Gasteiger partial charge in [0, 0.05) is 17.6 Å². The van der Waals surface area contributed by atoms with Crippen molar-refractivity contribution in [3.8, 4) is 12.3 Å². The van der Waals surface area contributed by atoms with Gasteiger partial charge in [0.05, 0.1) is 12.4 Å². The van der Waals surface area contributed by atoms with Crippen LogP contribution < -0.4 is 0 Å². The number of aliphatic hydroxyl groups excluding tert-OH is 1. The Kier molecular flexibility index (Phi) is 2.89. The van der Waals surface area contributed by atoms with E-state index in [4.69, 9.17) is 10.8 Å². The van der Waals surface area contributed by atoms with E-state index in [0.717, 1.165) is 38.8 Å². The maximum Gasteiger partial charge on any atom is 0.134 e. The zero-order valence-corrected chi connectivity index (χ0v) is 11.9. The molecule has 0 bridgehead atoms. The van der Waals surface area contributed by atoms with E-state index in [1.807, 2.05) is 30.3 Å². The molecule has 1 atom stereocenters. The first-order valence-electron chi connectivity index (χ1n) is 7.23. The molecular weight excluding hydrogens is 272 g/mol. The Morgan fingerprint density at radius 2 is 1.82 bits per heavy atom. The number of rotatable bonds is 3. The molecule has 2 heteroatoms. The van der Waals surface area contributed by atoms with E-state index in [2.05, 4.69) is 24.1 Å². The molecule has 0 radical (unpaired) electrons. The van der Waals surface area contributed by atoms with Crippen LogP contribution in [0.1, 0.15) is 23.3 Å². The SMILES string of the molecule is C#CCC(O)C1=C(c2ccco2)c2cccc3cccc1c23. The lowest BCUT2D eigenvalue weighted by Gasteiger charge is -2.13. The number of hydrogen-bond acceptors (Lipinski definition) is 2. The van der Waals surface area contributed by atoms with Gasteiger partial charge in [-0.1, -0.05) is 36.4 Å². The third-order valence-electron chi connectivity index (χ3n) is 4.15. The standard InChI is InChI=1S/C20H14O2/c1-2-6-16(21)19-14-9-3-7-13-8-4-10-15(18(13)14)20(19)17-11-5-12-22-17/h1,3-5,7-12,16,21H,6H2. The number of terminal acetylenes is 1.